The van der Waals surface area contributed by atoms with Gasteiger partial charge in [0.25, 0.3) is 0 Å². The molecule has 11 heteroatoms. The first-order valence-electron chi connectivity index (χ1n) is 10.8. The van der Waals surface area contributed by atoms with Crippen molar-refractivity contribution in [1.29, 1.82) is 0 Å². The van der Waals surface area contributed by atoms with Crippen molar-refractivity contribution in [2.24, 2.45) is 38.4 Å². The van der Waals surface area contributed by atoms with Gasteiger partial charge in [0.05, 0.1) is 22.8 Å². The van der Waals surface area contributed by atoms with Crippen LogP contribution >= 0.6 is 0 Å². The third-order valence-corrected chi connectivity index (χ3v) is 4.94. The first-order chi connectivity index (χ1) is 16.7. The Kier molecular flexibility index (Phi) is 20.0. The molecule has 0 saturated heterocycles. The molecular weight excluding hydrogens is 509 g/mol. The first-order valence-corrected chi connectivity index (χ1v) is 10.8. The zero-order valence-electron chi connectivity index (χ0n) is 20.9. The monoisotopic (exact) mass is 541 g/mol. The van der Waals surface area contributed by atoms with Crippen LogP contribution in [-0.4, -0.2) is 44.0 Å². The fraction of sp³-hybridized carbons (Fsp3) is 0.360. The van der Waals surface area contributed by atoms with E-state index >= 15 is 0 Å². The van der Waals surface area contributed by atoms with Crippen molar-refractivity contribution in [3.8, 4) is 0 Å². The number of Topliss-reactive ketones (excluding diaryl/α,β-unsaturated/α-hetero) is 1. The van der Waals surface area contributed by atoms with Gasteiger partial charge in [0.15, 0.2) is 0 Å². The fourth-order valence-electron chi connectivity index (χ4n) is 2.50. The van der Waals surface area contributed by atoms with Crippen LogP contribution < -0.4 is 0 Å². The SMILES string of the molecule is CC(=N[O-])C(C)=NO.CC(=N[O-])C(C)=NO.CC1C=[C-]CC2C=CC=CC1C2=O.[Co+3].c1ccncc1. The van der Waals surface area contributed by atoms with Gasteiger partial charge in [-0.15, -0.1) is 0 Å². The quantitative estimate of drug-likeness (QED) is 0.232. The van der Waals surface area contributed by atoms with E-state index in [1.54, 1.807) is 12.4 Å². The number of hydrogen-bond donors (Lipinski definition) is 2. The summed E-state index contributed by atoms with van der Waals surface area (Å²) in [5.41, 5.74) is 0.903. The molecule has 0 radical (unpaired) electrons. The number of carbonyl (C=O) groups excluding carboxylic acids is 1. The van der Waals surface area contributed by atoms with Crippen LogP contribution in [0.2, 0.25) is 0 Å². The fourth-order valence-corrected chi connectivity index (χ4v) is 2.50. The van der Waals surface area contributed by atoms with E-state index in [2.05, 4.69) is 38.6 Å². The van der Waals surface area contributed by atoms with E-state index in [-0.39, 0.29) is 51.5 Å². The van der Waals surface area contributed by atoms with Gasteiger partial charge in [-0.2, -0.15) is 6.42 Å². The Morgan fingerprint density at radius 1 is 0.917 bits per heavy atom. The van der Waals surface area contributed by atoms with Crippen molar-refractivity contribution in [2.45, 2.75) is 41.0 Å². The van der Waals surface area contributed by atoms with Gasteiger partial charge in [-0.1, -0.05) is 47.6 Å². The van der Waals surface area contributed by atoms with Crippen LogP contribution in [0.25, 0.3) is 0 Å². The summed E-state index contributed by atoms with van der Waals surface area (Å²) < 4.78 is 0. The Morgan fingerprint density at radius 2 is 1.42 bits per heavy atom. The summed E-state index contributed by atoms with van der Waals surface area (Å²) in [6.45, 7) is 8.02. The third kappa shape index (κ3) is 14.0. The molecule has 196 valence electrons. The summed E-state index contributed by atoms with van der Waals surface area (Å²) in [7, 11) is 0. The molecule has 3 atom stereocenters. The second-order valence-electron chi connectivity index (χ2n) is 7.49. The maximum absolute atomic E-state index is 11.9. The third-order valence-electron chi connectivity index (χ3n) is 4.94. The second kappa shape index (κ2) is 20.8. The number of ketones is 1. The van der Waals surface area contributed by atoms with E-state index in [1.165, 1.54) is 27.7 Å². The second-order valence-corrected chi connectivity index (χ2v) is 7.49. The molecule has 0 aliphatic heterocycles. The number of rotatable bonds is 2. The number of pyridine rings is 1. The van der Waals surface area contributed by atoms with E-state index in [0.717, 1.165) is 6.42 Å². The number of nitrogens with zero attached hydrogens (tertiary/aromatic N) is 5. The topological polar surface area (TPSA) is 166 Å². The molecule has 0 aromatic carbocycles. The van der Waals surface area contributed by atoms with Crippen LogP contribution in [0.3, 0.4) is 0 Å². The van der Waals surface area contributed by atoms with Crippen LogP contribution in [0.5, 0.6) is 0 Å². The molecule has 36 heavy (non-hydrogen) atoms. The molecule has 1 heterocycles. The van der Waals surface area contributed by atoms with E-state index in [9.17, 15) is 15.2 Å². The molecule has 3 rings (SSSR count). The summed E-state index contributed by atoms with van der Waals surface area (Å²) in [5, 5.41) is 45.8. The maximum Gasteiger partial charge on any atom is 3.00 e. The molecule has 2 aliphatic carbocycles. The molecule has 3 unspecified atom stereocenters. The average molecular weight is 541 g/mol. The molecule has 0 saturated carbocycles. The zero-order chi connectivity index (χ0) is 26.6. The molecule has 2 N–H and O–H groups in total. The van der Waals surface area contributed by atoms with E-state index in [1.807, 2.05) is 48.6 Å². The minimum atomic E-state index is 0. The molecule has 0 fully saturated rings. The molecule has 0 amide bonds. The predicted molar refractivity (Wildman–Crippen MR) is 139 cm³/mol. The van der Waals surface area contributed by atoms with E-state index in [4.69, 9.17) is 10.4 Å². The molecule has 0 spiro atoms. The van der Waals surface area contributed by atoms with Crippen LogP contribution in [-0.2, 0) is 21.6 Å². The summed E-state index contributed by atoms with van der Waals surface area (Å²) in [5.74, 6) is 0.767. The van der Waals surface area contributed by atoms with Crippen molar-refractivity contribution in [2.75, 3.05) is 0 Å². The maximum atomic E-state index is 11.9. The van der Waals surface area contributed by atoms with Gasteiger partial charge in [-0.25, -0.2) is 0 Å². The van der Waals surface area contributed by atoms with E-state index < -0.39 is 0 Å². The number of hydrogen-bond acceptors (Lipinski definition) is 10. The minimum Gasteiger partial charge on any atom is -0.792 e. The van der Waals surface area contributed by atoms with Gasteiger partial charge in [-0.05, 0) is 45.7 Å². The van der Waals surface area contributed by atoms with Crippen molar-refractivity contribution in [3.63, 3.8) is 0 Å². The first kappa shape index (κ1) is 34.6. The van der Waals surface area contributed by atoms with Crippen LogP contribution in [0.4, 0.5) is 0 Å². The van der Waals surface area contributed by atoms with Gasteiger partial charge in [-0.3, -0.25) is 15.9 Å². The van der Waals surface area contributed by atoms with Crippen LogP contribution in [0, 0.1) is 34.2 Å². The largest absolute Gasteiger partial charge is 3.00 e. The van der Waals surface area contributed by atoms with Crippen LogP contribution in [0.15, 0.2) is 81.6 Å². The molecule has 1 aromatic heterocycles. The molecule has 2 bridgehead atoms. The molecular formula is C25H32CoN5O5. The van der Waals surface area contributed by atoms with Crippen LogP contribution in [0.1, 0.15) is 41.0 Å². The van der Waals surface area contributed by atoms with Gasteiger partial charge in [0.2, 0.25) is 0 Å². The Labute approximate surface area is 222 Å². The number of oxime groups is 2. The van der Waals surface area contributed by atoms with Gasteiger partial charge in [0, 0.05) is 24.2 Å². The number of aromatic nitrogens is 1. The molecule has 1 aromatic rings. The van der Waals surface area contributed by atoms with Gasteiger partial charge >= 0.3 is 16.8 Å². The Hall–Kier alpha value is -3.57. The normalized spacial score (nSPS) is 21.1. The van der Waals surface area contributed by atoms with Gasteiger partial charge in [0.1, 0.15) is 5.78 Å². The number of allylic oxidation sites excluding steroid dienone is 6. The predicted octanol–water partition coefficient (Wildman–Crippen LogP) is 4.98. The summed E-state index contributed by atoms with van der Waals surface area (Å²) in [4.78, 5) is 15.7. The molecule has 10 nitrogen and oxygen atoms in total. The minimum absolute atomic E-state index is 0. The Morgan fingerprint density at radius 3 is 1.78 bits per heavy atom. The summed E-state index contributed by atoms with van der Waals surface area (Å²) >= 11 is 0. The Bertz CT molecular complexity index is 882. The standard InChI is InChI=1S/C12H13O.C5H5N.2C4H8N2O2.Co/c1-9-5-4-7-10-6-2-3-8-11(9)12(10)13;1-2-4-6-5-3-1;2*1-3(5-7)4(2)6-8;/h2-3,5-6,8-11H,7H2,1H3;1-5H;2*7-8H,1-2H3;/q-1;;;;+3/p-2. The number of fused-ring (bicyclic) bond motifs is 2. The van der Waals surface area contributed by atoms with Gasteiger partial charge < -0.3 is 37.2 Å². The van der Waals surface area contributed by atoms with Crippen molar-refractivity contribution in [1.82, 2.24) is 4.98 Å². The smallest absolute Gasteiger partial charge is 0.792 e. The van der Waals surface area contributed by atoms with Crippen molar-refractivity contribution < 1.29 is 32.0 Å². The van der Waals surface area contributed by atoms with Crippen molar-refractivity contribution in [3.05, 3.63) is 77.5 Å². The summed E-state index contributed by atoms with van der Waals surface area (Å²) in [6.07, 6.45) is 17.4. The van der Waals surface area contributed by atoms with Crippen molar-refractivity contribution >= 4 is 28.6 Å². The van der Waals surface area contributed by atoms with E-state index in [0.29, 0.717) is 11.7 Å². The number of carbonyl (C=O) groups is 1. The molecule has 2 aliphatic rings. The average Bonchev–Trinajstić information content (AvgIpc) is 3.17. The Balaban J connectivity index is 0. The summed E-state index contributed by atoms with van der Waals surface area (Å²) in [6, 6.07) is 5.72. The zero-order valence-corrected chi connectivity index (χ0v) is 21.9.